The van der Waals surface area contributed by atoms with E-state index in [4.69, 9.17) is 0 Å². The van der Waals surface area contributed by atoms with E-state index in [9.17, 15) is 22.4 Å². The van der Waals surface area contributed by atoms with Gasteiger partial charge in [-0.1, -0.05) is 24.3 Å². The Morgan fingerprint density at radius 3 is 2.33 bits per heavy atom. The van der Waals surface area contributed by atoms with Gasteiger partial charge in [0.1, 0.15) is 5.82 Å². The lowest BCUT2D eigenvalue weighted by Crippen LogP contribution is -2.36. The molecular weight excluding hydrogens is 324 g/mol. The van der Waals surface area contributed by atoms with Crippen molar-refractivity contribution in [2.75, 3.05) is 7.05 Å². The second-order valence-corrected chi connectivity index (χ2v) is 5.34. The summed E-state index contributed by atoms with van der Waals surface area (Å²) in [5.74, 6) is -0.383. The van der Waals surface area contributed by atoms with Crippen LogP contribution in [0.25, 0.3) is 0 Å². The van der Waals surface area contributed by atoms with E-state index >= 15 is 0 Å². The average Bonchev–Trinajstić information content (AvgIpc) is 2.52. The third kappa shape index (κ3) is 4.97. The van der Waals surface area contributed by atoms with Gasteiger partial charge in [0.15, 0.2) is 0 Å². The zero-order valence-electron chi connectivity index (χ0n) is 12.9. The number of hydrogen-bond acceptors (Lipinski definition) is 1. The summed E-state index contributed by atoms with van der Waals surface area (Å²) >= 11 is 0. The molecule has 0 aromatic heterocycles. The minimum absolute atomic E-state index is 0.102. The smallest absolute Gasteiger partial charge is 0.334 e. The SMILES string of the molecule is CN(Cc1cccc(F)c1)C(=O)NCc1ccc(C(F)(F)F)cc1. The standard InChI is InChI=1S/C17H16F4N2O/c1-23(11-13-3-2-4-15(18)9-13)16(24)22-10-12-5-7-14(8-6-12)17(19,20)21/h2-9H,10-11H2,1H3,(H,22,24). The summed E-state index contributed by atoms with van der Waals surface area (Å²) < 4.78 is 50.5. The molecule has 128 valence electrons. The van der Waals surface area contributed by atoms with Crippen LogP contribution in [-0.2, 0) is 19.3 Å². The van der Waals surface area contributed by atoms with E-state index in [0.29, 0.717) is 11.1 Å². The Morgan fingerprint density at radius 1 is 1.08 bits per heavy atom. The third-order valence-corrected chi connectivity index (χ3v) is 3.38. The Kier molecular flexibility index (Phi) is 5.43. The van der Waals surface area contributed by atoms with Crippen LogP contribution in [-0.4, -0.2) is 18.0 Å². The van der Waals surface area contributed by atoms with Crippen LogP contribution in [0.3, 0.4) is 0 Å². The van der Waals surface area contributed by atoms with Crippen LogP contribution >= 0.6 is 0 Å². The first-order chi connectivity index (χ1) is 11.3. The first-order valence-electron chi connectivity index (χ1n) is 7.15. The quantitative estimate of drug-likeness (QED) is 0.832. The first kappa shape index (κ1) is 17.8. The van der Waals surface area contributed by atoms with Gasteiger partial charge in [-0.25, -0.2) is 9.18 Å². The predicted molar refractivity (Wildman–Crippen MR) is 81.5 cm³/mol. The van der Waals surface area contributed by atoms with Crippen molar-refractivity contribution in [1.82, 2.24) is 10.2 Å². The maximum atomic E-state index is 13.1. The average molecular weight is 340 g/mol. The van der Waals surface area contributed by atoms with E-state index in [1.165, 1.54) is 29.2 Å². The normalized spacial score (nSPS) is 11.2. The van der Waals surface area contributed by atoms with E-state index in [1.54, 1.807) is 19.2 Å². The summed E-state index contributed by atoms with van der Waals surface area (Å²) in [7, 11) is 1.55. The lowest BCUT2D eigenvalue weighted by atomic mass is 10.1. The highest BCUT2D eigenvalue weighted by Crippen LogP contribution is 2.29. The van der Waals surface area contributed by atoms with Crippen molar-refractivity contribution >= 4 is 6.03 Å². The fourth-order valence-electron chi connectivity index (χ4n) is 2.11. The topological polar surface area (TPSA) is 32.3 Å². The lowest BCUT2D eigenvalue weighted by Gasteiger charge is -2.18. The van der Waals surface area contributed by atoms with Gasteiger partial charge in [-0.3, -0.25) is 0 Å². The van der Waals surface area contributed by atoms with E-state index < -0.39 is 17.8 Å². The molecule has 0 saturated heterocycles. The Bertz CT molecular complexity index is 698. The number of amides is 2. The summed E-state index contributed by atoms with van der Waals surface area (Å²) in [6.07, 6.45) is -4.38. The maximum absolute atomic E-state index is 13.1. The number of benzene rings is 2. The van der Waals surface area contributed by atoms with E-state index in [0.717, 1.165) is 12.1 Å². The molecule has 7 heteroatoms. The molecule has 0 radical (unpaired) electrons. The number of alkyl halides is 3. The first-order valence-corrected chi connectivity index (χ1v) is 7.15. The molecule has 0 aliphatic carbocycles. The van der Waals surface area contributed by atoms with Crippen molar-refractivity contribution in [2.45, 2.75) is 19.3 Å². The third-order valence-electron chi connectivity index (χ3n) is 3.38. The van der Waals surface area contributed by atoms with Gasteiger partial charge in [0.2, 0.25) is 0 Å². The molecule has 0 atom stereocenters. The van der Waals surface area contributed by atoms with Gasteiger partial charge in [0.05, 0.1) is 5.56 Å². The molecule has 0 bridgehead atoms. The number of rotatable bonds is 4. The van der Waals surface area contributed by atoms with E-state index in [-0.39, 0.29) is 18.9 Å². The van der Waals surface area contributed by atoms with Gasteiger partial charge in [0.25, 0.3) is 0 Å². The summed E-state index contributed by atoms with van der Waals surface area (Å²) in [5, 5.41) is 2.60. The van der Waals surface area contributed by atoms with Gasteiger partial charge >= 0.3 is 12.2 Å². The highest BCUT2D eigenvalue weighted by atomic mass is 19.4. The summed E-state index contributed by atoms with van der Waals surface area (Å²) in [5.41, 5.74) is 0.457. The van der Waals surface area contributed by atoms with Crippen LogP contribution in [0.5, 0.6) is 0 Å². The Labute approximate surface area is 136 Å². The van der Waals surface area contributed by atoms with Crippen LogP contribution in [0, 0.1) is 5.82 Å². The number of urea groups is 1. The Hall–Kier alpha value is -2.57. The van der Waals surface area contributed by atoms with Crippen LogP contribution in [0.1, 0.15) is 16.7 Å². The minimum atomic E-state index is -4.38. The Morgan fingerprint density at radius 2 is 1.75 bits per heavy atom. The molecule has 0 spiro atoms. The molecule has 2 aromatic rings. The van der Waals surface area contributed by atoms with Crippen LogP contribution in [0.2, 0.25) is 0 Å². The van der Waals surface area contributed by atoms with Gasteiger partial charge in [-0.15, -0.1) is 0 Å². The molecule has 2 amide bonds. The van der Waals surface area contributed by atoms with Gasteiger partial charge < -0.3 is 10.2 Å². The van der Waals surface area contributed by atoms with Crippen LogP contribution in [0.4, 0.5) is 22.4 Å². The second kappa shape index (κ2) is 7.33. The molecule has 0 unspecified atom stereocenters. The van der Waals surface area contributed by atoms with E-state index in [2.05, 4.69) is 5.32 Å². The lowest BCUT2D eigenvalue weighted by molar-refractivity contribution is -0.137. The number of carbonyl (C=O) groups excluding carboxylic acids is 1. The van der Waals surface area contributed by atoms with Crippen LogP contribution in [0.15, 0.2) is 48.5 Å². The molecular formula is C17H16F4N2O. The molecule has 0 saturated carbocycles. The summed E-state index contributed by atoms with van der Waals surface area (Å²) in [6.45, 7) is 0.321. The minimum Gasteiger partial charge on any atom is -0.334 e. The van der Waals surface area contributed by atoms with Crippen molar-refractivity contribution in [2.24, 2.45) is 0 Å². The monoisotopic (exact) mass is 340 g/mol. The zero-order valence-corrected chi connectivity index (χ0v) is 12.9. The van der Waals surface area contributed by atoms with Crippen LogP contribution < -0.4 is 5.32 Å². The molecule has 0 heterocycles. The molecule has 0 aliphatic heterocycles. The molecule has 2 aromatic carbocycles. The highest BCUT2D eigenvalue weighted by Gasteiger charge is 2.29. The summed E-state index contributed by atoms with van der Waals surface area (Å²) in [4.78, 5) is 13.3. The van der Waals surface area contributed by atoms with Crippen molar-refractivity contribution < 1.29 is 22.4 Å². The van der Waals surface area contributed by atoms with Gasteiger partial charge in [0, 0.05) is 20.1 Å². The molecule has 24 heavy (non-hydrogen) atoms. The largest absolute Gasteiger partial charge is 0.416 e. The van der Waals surface area contributed by atoms with Crippen molar-refractivity contribution in [3.05, 3.63) is 71.0 Å². The van der Waals surface area contributed by atoms with E-state index in [1.807, 2.05) is 0 Å². The maximum Gasteiger partial charge on any atom is 0.416 e. The van der Waals surface area contributed by atoms with Crippen molar-refractivity contribution in [3.63, 3.8) is 0 Å². The number of carbonyl (C=O) groups is 1. The molecule has 3 nitrogen and oxygen atoms in total. The molecule has 1 N–H and O–H groups in total. The molecule has 2 rings (SSSR count). The number of halogens is 4. The highest BCUT2D eigenvalue weighted by molar-refractivity contribution is 5.73. The fourth-order valence-corrected chi connectivity index (χ4v) is 2.11. The van der Waals surface area contributed by atoms with Gasteiger partial charge in [-0.05, 0) is 35.4 Å². The number of nitrogens with one attached hydrogen (secondary N) is 1. The molecule has 0 aliphatic rings. The Balaban J connectivity index is 1.88. The van der Waals surface area contributed by atoms with Crippen molar-refractivity contribution in [3.8, 4) is 0 Å². The molecule has 0 fully saturated rings. The number of nitrogens with zero attached hydrogens (tertiary/aromatic N) is 1. The zero-order chi connectivity index (χ0) is 17.7. The fraction of sp³-hybridized carbons (Fsp3) is 0.235. The van der Waals surface area contributed by atoms with Crippen molar-refractivity contribution in [1.29, 1.82) is 0 Å². The summed E-state index contributed by atoms with van der Waals surface area (Å²) in [6, 6.07) is 10.1. The predicted octanol–water partition coefficient (Wildman–Crippen LogP) is 4.19. The number of hydrogen-bond donors (Lipinski definition) is 1. The van der Waals surface area contributed by atoms with Gasteiger partial charge in [-0.2, -0.15) is 13.2 Å². The second-order valence-electron chi connectivity index (χ2n) is 5.34.